The van der Waals surface area contributed by atoms with Gasteiger partial charge < -0.3 is 15.1 Å². The summed E-state index contributed by atoms with van der Waals surface area (Å²) in [7, 11) is -3.82. The zero-order chi connectivity index (χ0) is 17.8. The second-order valence-electron chi connectivity index (χ2n) is 5.76. The summed E-state index contributed by atoms with van der Waals surface area (Å²) >= 11 is 0. The molecule has 0 aliphatic carbocycles. The number of fused-ring (bicyclic) bond motifs is 2. The van der Waals surface area contributed by atoms with Gasteiger partial charge in [-0.05, 0) is 48.4 Å². The quantitative estimate of drug-likeness (QED) is 0.650. The average Bonchev–Trinajstić information content (AvgIpc) is 3.15. The van der Waals surface area contributed by atoms with Gasteiger partial charge in [-0.25, -0.2) is 18.0 Å². The van der Waals surface area contributed by atoms with Crippen molar-refractivity contribution in [3.63, 3.8) is 0 Å². The van der Waals surface area contributed by atoms with Gasteiger partial charge in [0.25, 0.3) is 10.0 Å². The van der Waals surface area contributed by atoms with Crippen molar-refractivity contribution < 1.29 is 18.3 Å². The Morgan fingerprint density at radius 3 is 2.60 bits per heavy atom. The monoisotopic (exact) mass is 359 g/mol. The molecule has 25 heavy (non-hydrogen) atoms. The Balaban J connectivity index is 1.79. The molecule has 0 bridgehead atoms. The molecule has 2 heterocycles. The molecule has 1 aliphatic heterocycles. The van der Waals surface area contributed by atoms with Crippen molar-refractivity contribution in [1.82, 2.24) is 9.97 Å². The predicted octanol–water partition coefficient (Wildman–Crippen LogP) is 1.31. The first-order chi connectivity index (χ1) is 11.9. The molecule has 0 fully saturated rings. The number of sulfonamides is 1. The van der Waals surface area contributed by atoms with Crippen molar-refractivity contribution in [2.45, 2.75) is 11.3 Å². The zero-order valence-corrected chi connectivity index (χ0v) is 13.6. The first kappa shape index (κ1) is 15.5. The molecular weight excluding hydrogens is 346 g/mol. The van der Waals surface area contributed by atoms with E-state index in [0.717, 1.165) is 0 Å². The van der Waals surface area contributed by atoms with Crippen molar-refractivity contribution in [2.24, 2.45) is 0 Å². The zero-order valence-electron chi connectivity index (χ0n) is 12.8. The SMILES string of the molecule is O=C(O)c1ccc2c(c1)CCN2S(=O)(=O)c1ccc2[nH]c(=O)[nH]c2c1. The third kappa shape index (κ3) is 2.40. The number of aromatic carboxylic acids is 1. The second-order valence-corrected chi connectivity index (χ2v) is 7.62. The molecule has 1 aliphatic rings. The number of hydrogen-bond donors (Lipinski definition) is 3. The summed E-state index contributed by atoms with van der Waals surface area (Å²) in [6.07, 6.45) is 0.443. The smallest absolute Gasteiger partial charge is 0.335 e. The molecule has 1 aromatic heterocycles. The maximum Gasteiger partial charge on any atom is 0.335 e. The highest BCUT2D eigenvalue weighted by molar-refractivity contribution is 7.92. The molecule has 3 N–H and O–H groups in total. The highest BCUT2D eigenvalue weighted by Gasteiger charge is 2.31. The summed E-state index contributed by atoms with van der Waals surface area (Å²) in [6.45, 7) is 0.239. The molecule has 4 rings (SSSR count). The number of hydrogen-bond acceptors (Lipinski definition) is 4. The summed E-state index contributed by atoms with van der Waals surface area (Å²) in [5.74, 6) is -1.05. The molecule has 0 amide bonds. The molecule has 2 aromatic carbocycles. The lowest BCUT2D eigenvalue weighted by atomic mass is 10.1. The second kappa shape index (κ2) is 5.21. The minimum Gasteiger partial charge on any atom is -0.478 e. The minimum absolute atomic E-state index is 0.0606. The molecular formula is C16H13N3O5S. The first-order valence-electron chi connectivity index (χ1n) is 7.47. The molecule has 8 nitrogen and oxygen atoms in total. The number of aromatic amines is 2. The molecule has 128 valence electrons. The summed E-state index contributed by atoms with van der Waals surface area (Å²) in [5.41, 5.74) is 1.82. The van der Waals surface area contributed by atoms with Gasteiger partial charge in [0, 0.05) is 6.54 Å². The number of benzene rings is 2. The van der Waals surface area contributed by atoms with Crippen molar-refractivity contribution in [1.29, 1.82) is 0 Å². The van der Waals surface area contributed by atoms with Gasteiger partial charge in [-0.3, -0.25) is 4.31 Å². The highest BCUT2D eigenvalue weighted by atomic mass is 32.2. The fourth-order valence-corrected chi connectivity index (χ4v) is 4.58. The number of nitrogens with one attached hydrogen (secondary N) is 2. The van der Waals surface area contributed by atoms with Crippen molar-refractivity contribution in [2.75, 3.05) is 10.8 Å². The Morgan fingerprint density at radius 2 is 1.84 bits per heavy atom. The predicted molar refractivity (Wildman–Crippen MR) is 90.6 cm³/mol. The van der Waals surface area contributed by atoms with Crippen molar-refractivity contribution in [3.05, 3.63) is 58.0 Å². The van der Waals surface area contributed by atoms with E-state index < -0.39 is 21.7 Å². The number of nitrogens with zero attached hydrogens (tertiary/aromatic N) is 1. The van der Waals surface area contributed by atoms with Gasteiger partial charge in [-0.1, -0.05) is 0 Å². The van der Waals surface area contributed by atoms with Crippen LogP contribution in [-0.2, 0) is 16.4 Å². The Bertz CT molecular complexity index is 1180. The van der Waals surface area contributed by atoms with E-state index in [2.05, 4.69) is 9.97 Å². The molecule has 0 unspecified atom stereocenters. The number of carboxylic acid groups (broad SMARTS) is 1. The van der Waals surface area contributed by atoms with Gasteiger partial charge in [-0.2, -0.15) is 0 Å². The number of aromatic nitrogens is 2. The third-order valence-electron chi connectivity index (χ3n) is 4.25. The van der Waals surface area contributed by atoms with E-state index in [9.17, 15) is 18.0 Å². The Morgan fingerprint density at radius 1 is 1.08 bits per heavy atom. The third-order valence-corrected chi connectivity index (χ3v) is 6.06. The standard InChI is InChI=1S/C16H13N3O5S/c20-15(21)10-1-4-14-9(7-10)5-6-19(14)25(23,24)11-2-3-12-13(8-11)18-16(22)17-12/h1-4,7-8H,5-6H2,(H,20,21)(H2,17,18,22). The fraction of sp³-hybridized carbons (Fsp3) is 0.125. The van der Waals surface area contributed by atoms with E-state index in [0.29, 0.717) is 28.7 Å². The van der Waals surface area contributed by atoms with Gasteiger partial charge in [-0.15, -0.1) is 0 Å². The van der Waals surface area contributed by atoms with Gasteiger partial charge in [0.1, 0.15) is 0 Å². The first-order valence-corrected chi connectivity index (χ1v) is 8.91. The van der Waals surface area contributed by atoms with E-state index in [1.54, 1.807) is 0 Å². The Hall–Kier alpha value is -3.07. The van der Waals surface area contributed by atoms with Crippen molar-refractivity contribution >= 4 is 32.7 Å². The molecule has 9 heteroatoms. The van der Waals surface area contributed by atoms with E-state index in [4.69, 9.17) is 5.11 Å². The lowest BCUT2D eigenvalue weighted by Crippen LogP contribution is -2.29. The molecule has 0 saturated carbocycles. The van der Waals surface area contributed by atoms with Gasteiger partial charge in [0.2, 0.25) is 0 Å². The van der Waals surface area contributed by atoms with Crippen LogP contribution in [0, 0.1) is 0 Å². The van der Waals surface area contributed by atoms with E-state index in [-0.39, 0.29) is 17.0 Å². The fourth-order valence-electron chi connectivity index (χ4n) is 3.05. The summed E-state index contributed by atoms with van der Waals surface area (Å²) in [6, 6.07) is 8.78. The Kier molecular flexibility index (Phi) is 3.22. The lowest BCUT2D eigenvalue weighted by Gasteiger charge is -2.19. The normalized spacial score (nSPS) is 14.0. The van der Waals surface area contributed by atoms with Gasteiger partial charge >= 0.3 is 11.7 Å². The van der Waals surface area contributed by atoms with Crippen LogP contribution in [0.25, 0.3) is 11.0 Å². The maximum absolute atomic E-state index is 13.0. The number of imidazole rings is 1. The van der Waals surface area contributed by atoms with Crippen LogP contribution in [0.5, 0.6) is 0 Å². The molecule has 0 saturated heterocycles. The molecule has 0 atom stereocenters. The largest absolute Gasteiger partial charge is 0.478 e. The molecule has 0 spiro atoms. The van der Waals surface area contributed by atoms with E-state index in [1.807, 2.05) is 0 Å². The minimum atomic E-state index is -3.82. The maximum atomic E-state index is 13.0. The number of anilines is 1. The van der Waals surface area contributed by atoms with E-state index >= 15 is 0 Å². The van der Waals surface area contributed by atoms with Gasteiger partial charge in [0.05, 0.1) is 27.2 Å². The van der Waals surface area contributed by atoms with Crippen LogP contribution < -0.4 is 9.99 Å². The van der Waals surface area contributed by atoms with Crippen molar-refractivity contribution in [3.8, 4) is 0 Å². The number of H-pyrrole nitrogens is 2. The van der Waals surface area contributed by atoms with Crippen LogP contribution in [0.3, 0.4) is 0 Å². The summed E-state index contributed by atoms with van der Waals surface area (Å²) in [5, 5.41) is 9.06. The molecule has 0 radical (unpaired) electrons. The molecule has 3 aromatic rings. The van der Waals surface area contributed by atoms with Crippen LogP contribution in [0.2, 0.25) is 0 Å². The van der Waals surface area contributed by atoms with Gasteiger partial charge in [0.15, 0.2) is 0 Å². The van der Waals surface area contributed by atoms with E-state index in [1.165, 1.54) is 40.7 Å². The lowest BCUT2D eigenvalue weighted by molar-refractivity contribution is 0.0697. The van der Waals surface area contributed by atoms with Crippen LogP contribution in [0.1, 0.15) is 15.9 Å². The summed E-state index contributed by atoms with van der Waals surface area (Å²) in [4.78, 5) is 27.6. The van der Waals surface area contributed by atoms with Crippen LogP contribution in [0.4, 0.5) is 5.69 Å². The summed E-state index contributed by atoms with van der Waals surface area (Å²) < 4.78 is 27.2. The van der Waals surface area contributed by atoms with Crippen LogP contribution in [-0.4, -0.2) is 36.0 Å². The number of rotatable bonds is 3. The Labute approximate surface area is 141 Å². The number of carbonyl (C=O) groups is 1. The average molecular weight is 359 g/mol. The highest BCUT2D eigenvalue weighted by Crippen LogP contribution is 2.34. The van der Waals surface area contributed by atoms with Crippen LogP contribution >= 0.6 is 0 Å². The topological polar surface area (TPSA) is 123 Å². The number of carboxylic acids is 1. The van der Waals surface area contributed by atoms with Crippen LogP contribution in [0.15, 0.2) is 46.1 Å².